The van der Waals surface area contributed by atoms with Gasteiger partial charge in [0.15, 0.2) is 4.67 Å². The van der Waals surface area contributed by atoms with E-state index in [1.54, 1.807) is 15.9 Å². The second-order valence-electron chi connectivity index (χ2n) is 4.39. The molecule has 0 radical (unpaired) electrons. The van der Waals surface area contributed by atoms with E-state index in [4.69, 9.17) is 4.42 Å². The van der Waals surface area contributed by atoms with E-state index in [0.717, 1.165) is 0 Å². The lowest BCUT2D eigenvalue weighted by Gasteiger charge is -2.36. The van der Waals surface area contributed by atoms with Crippen molar-refractivity contribution in [3.8, 4) is 0 Å². The Balaban J connectivity index is 1.74. The standard InChI is InChI=1S/C11H12BrN3O3/c12-9-8(1-4-18-9)10(16)14-2-3-15-7(6-14)5-13-11(15)17/h1,4,7H,2-3,5-6H2,(H,13,17). The summed E-state index contributed by atoms with van der Waals surface area (Å²) in [6.45, 7) is 2.31. The summed E-state index contributed by atoms with van der Waals surface area (Å²) in [7, 11) is 0. The van der Waals surface area contributed by atoms with E-state index in [0.29, 0.717) is 36.4 Å². The third-order valence-electron chi connectivity index (χ3n) is 3.37. The van der Waals surface area contributed by atoms with Crippen LogP contribution >= 0.6 is 15.9 Å². The summed E-state index contributed by atoms with van der Waals surface area (Å²) < 4.78 is 5.53. The first-order valence-corrected chi connectivity index (χ1v) is 6.53. The van der Waals surface area contributed by atoms with Crippen LogP contribution in [0.25, 0.3) is 0 Å². The molecule has 0 saturated carbocycles. The van der Waals surface area contributed by atoms with Crippen molar-refractivity contribution in [3.05, 3.63) is 22.6 Å². The van der Waals surface area contributed by atoms with Gasteiger partial charge in [-0.1, -0.05) is 0 Å². The maximum absolute atomic E-state index is 12.3. The van der Waals surface area contributed by atoms with Crippen molar-refractivity contribution in [3.63, 3.8) is 0 Å². The van der Waals surface area contributed by atoms with Crippen molar-refractivity contribution in [1.29, 1.82) is 0 Å². The number of nitrogens with one attached hydrogen (secondary N) is 1. The zero-order chi connectivity index (χ0) is 12.7. The van der Waals surface area contributed by atoms with Crippen molar-refractivity contribution < 1.29 is 14.0 Å². The molecule has 1 aromatic heterocycles. The molecule has 2 fully saturated rings. The highest BCUT2D eigenvalue weighted by molar-refractivity contribution is 9.10. The number of furan rings is 1. The van der Waals surface area contributed by atoms with Crippen LogP contribution in [0, 0.1) is 0 Å². The summed E-state index contributed by atoms with van der Waals surface area (Å²) in [5.74, 6) is -0.0605. The molecule has 6 nitrogen and oxygen atoms in total. The van der Waals surface area contributed by atoms with Gasteiger partial charge >= 0.3 is 6.03 Å². The van der Waals surface area contributed by atoms with Gasteiger partial charge in [-0.2, -0.15) is 0 Å². The third-order valence-corrected chi connectivity index (χ3v) is 3.98. The van der Waals surface area contributed by atoms with E-state index in [2.05, 4.69) is 21.2 Å². The highest BCUT2D eigenvalue weighted by Gasteiger charge is 2.37. The molecule has 0 spiro atoms. The minimum atomic E-state index is -0.0605. The van der Waals surface area contributed by atoms with E-state index in [1.807, 2.05) is 0 Å². The van der Waals surface area contributed by atoms with E-state index in [9.17, 15) is 9.59 Å². The average molecular weight is 314 g/mol. The average Bonchev–Trinajstić information content (AvgIpc) is 2.95. The minimum Gasteiger partial charge on any atom is -0.457 e. The molecule has 0 aromatic carbocycles. The fourth-order valence-corrected chi connectivity index (χ4v) is 2.81. The molecule has 3 rings (SSSR count). The highest BCUT2D eigenvalue weighted by atomic mass is 79.9. The number of amides is 3. The van der Waals surface area contributed by atoms with E-state index < -0.39 is 0 Å². The van der Waals surface area contributed by atoms with E-state index in [-0.39, 0.29) is 18.0 Å². The lowest BCUT2D eigenvalue weighted by molar-refractivity contribution is 0.0615. The lowest BCUT2D eigenvalue weighted by atomic mass is 10.1. The first-order chi connectivity index (χ1) is 8.66. The molecular weight excluding hydrogens is 302 g/mol. The number of piperazine rings is 1. The van der Waals surface area contributed by atoms with Gasteiger partial charge in [0.25, 0.3) is 5.91 Å². The molecule has 3 amide bonds. The summed E-state index contributed by atoms with van der Waals surface area (Å²) in [4.78, 5) is 27.3. The quantitative estimate of drug-likeness (QED) is 0.837. The third kappa shape index (κ3) is 1.78. The van der Waals surface area contributed by atoms with Crippen molar-refractivity contribution in [1.82, 2.24) is 15.1 Å². The maximum atomic E-state index is 12.3. The number of hydrogen-bond donors (Lipinski definition) is 1. The molecule has 0 bridgehead atoms. The fraction of sp³-hybridized carbons (Fsp3) is 0.455. The number of carbonyl (C=O) groups excluding carboxylic acids is 2. The molecule has 7 heteroatoms. The van der Waals surface area contributed by atoms with Crippen LogP contribution in [0.5, 0.6) is 0 Å². The molecule has 1 N–H and O–H groups in total. The molecule has 2 saturated heterocycles. The van der Waals surface area contributed by atoms with Gasteiger partial charge in [0, 0.05) is 26.2 Å². The Hall–Kier alpha value is -1.50. The van der Waals surface area contributed by atoms with Gasteiger partial charge < -0.3 is 19.5 Å². The summed E-state index contributed by atoms with van der Waals surface area (Å²) in [5, 5.41) is 2.79. The Bertz CT molecular complexity index is 501. The molecule has 3 heterocycles. The second-order valence-corrected chi connectivity index (χ2v) is 5.11. The molecule has 0 aliphatic carbocycles. The molecule has 1 unspecified atom stereocenters. The van der Waals surface area contributed by atoms with Gasteiger partial charge in [-0.05, 0) is 22.0 Å². The van der Waals surface area contributed by atoms with E-state index in [1.165, 1.54) is 6.26 Å². The normalized spacial score (nSPS) is 22.9. The number of carbonyl (C=O) groups is 2. The molecule has 2 aliphatic rings. The first kappa shape index (κ1) is 11.6. The zero-order valence-corrected chi connectivity index (χ0v) is 11.1. The number of rotatable bonds is 1. The number of halogens is 1. The van der Waals surface area contributed by atoms with Gasteiger partial charge in [-0.15, -0.1) is 0 Å². The zero-order valence-electron chi connectivity index (χ0n) is 9.56. The van der Waals surface area contributed by atoms with Gasteiger partial charge in [0.2, 0.25) is 0 Å². The molecule has 18 heavy (non-hydrogen) atoms. The number of nitrogens with zero attached hydrogens (tertiary/aromatic N) is 2. The molecular formula is C11H12BrN3O3. The summed E-state index contributed by atoms with van der Waals surface area (Å²) in [5.41, 5.74) is 0.528. The fourth-order valence-electron chi connectivity index (χ4n) is 2.41. The largest absolute Gasteiger partial charge is 0.457 e. The number of urea groups is 1. The molecule has 1 atom stereocenters. The Morgan fingerprint density at radius 2 is 2.33 bits per heavy atom. The second kappa shape index (κ2) is 4.31. The van der Waals surface area contributed by atoms with Crippen molar-refractivity contribution in [2.45, 2.75) is 6.04 Å². The monoisotopic (exact) mass is 313 g/mol. The van der Waals surface area contributed by atoms with Crippen LogP contribution in [0.2, 0.25) is 0 Å². The Morgan fingerprint density at radius 3 is 3.06 bits per heavy atom. The van der Waals surface area contributed by atoms with Gasteiger partial charge in [-0.3, -0.25) is 4.79 Å². The van der Waals surface area contributed by atoms with Crippen LogP contribution in [-0.2, 0) is 0 Å². The van der Waals surface area contributed by atoms with Crippen LogP contribution < -0.4 is 5.32 Å². The highest BCUT2D eigenvalue weighted by Crippen LogP contribution is 2.22. The number of hydrogen-bond acceptors (Lipinski definition) is 3. The van der Waals surface area contributed by atoms with Crippen molar-refractivity contribution >= 4 is 27.9 Å². The first-order valence-electron chi connectivity index (χ1n) is 5.73. The van der Waals surface area contributed by atoms with Crippen LogP contribution in [-0.4, -0.2) is 54.0 Å². The van der Waals surface area contributed by atoms with Crippen molar-refractivity contribution in [2.24, 2.45) is 0 Å². The summed E-state index contributed by atoms with van der Waals surface area (Å²) in [6.07, 6.45) is 1.48. The predicted molar refractivity (Wildman–Crippen MR) is 66.2 cm³/mol. The Kier molecular flexibility index (Phi) is 2.77. The molecule has 96 valence electrons. The van der Waals surface area contributed by atoms with Crippen LogP contribution in [0.1, 0.15) is 10.4 Å². The van der Waals surface area contributed by atoms with Crippen molar-refractivity contribution in [2.75, 3.05) is 26.2 Å². The minimum absolute atomic E-state index is 0.0309. The Labute approximate surface area is 112 Å². The van der Waals surface area contributed by atoms with Gasteiger partial charge in [-0.25, -0.2) is 4.79 Å². The lowest BCUT2D eigenvalue weighted by Crippen LogP contribution is -2.53. The maximum Gasteiger partial charge on any atom is 0.317 e. The van der Waals surface area contributed by atoms with Gasteiger partial charge in [0.05, 0.1) is 17.9 Å². The smallest absolute Gasteiger partial charge is 0.317 e. The van der Waals surface area contributed by atoms with Gasteiger partial charge in [0.1, 0.15) is 0 Å². The molecule has 1 aromatic rings. The topological polar surface area (TPSA) is 65.8 Å². The summed E-state index contributed by atoms with van der Waals surface area (Å²) in [6, 6.07) is 1.70. The SMILES string of the molecule is O=C(c1ccoc1Br)N1CCN2C(=O)NCC2C1. The van der Waals surface area contributed by atoms with Crippen LogP contribution in [0.3, 0.4) is 0 Å². The van der Waals surface area contributed by atoms with E-state index >= 15 is 0 Å². The van der Waals surface area contributed by atoms with Crippen LogP contribution in [0.4, 0.5) is 4.79 Å². The summed E-state index contributed by atoms with van der Waals surface area (Å²) >= 11 is 3.21. The molecule has 2 aliphatic heterocycles. The predicted octanol–water partition coefficient (Wildman–Crippen LogP) is 0.892. The Morgan fingerprint density at radius 1 is 1.50 bits per heavy atom. The number of fused-ring (bicyclic) bond motifs is 1. The van der Waals surface area contributed by atoms with Crippen LogP contribution in [0.15, 0.2) is 21.4 Å².